The second-order valence-corrected chi connectivity index (χ2v) is 6.78. The zero-order valence-corrected chi connectivity index (χ0v) is 15.5. The number of benzene rings is 2. The first-order valence-corrected chi connectivity index (χ1v) is 8.93. The lowest BCUT2D eigenvalue weighted by Crippen LogP contribution is -2.03. The van der Waals surface area contributed by atoms with E-state index in [0.29, 0.717) is 5.92 Å². The summed E-state index contributed by atoms with van der Waals surface area (Å²) < 4.78 is 2.05. The minimum atomic E-state index is -0.852. The van der Waals surface area contributed by atoms with E-state index in [9.17, 15) is 4.79 Å². The molecule has 1 N–H and O–H groups in total. The molecular weight excluding hydrogens is 336 g/mol. The zero-order chi connectivity index (χ0) is 19.2. The molecule has 0 atom stereocenters. The molecule has 3 rings (SSSR count). The van der Waals surface area contributed by atoms with E-state index in [4.69, 9.17) is 5.11 Å². The summed E-state index contributed by atoms with van der Waals surface area (Å²) in [5.74, 6) is 5.86. The molecule has 0 aliphatic heterocycles. The molecule has 0 aliphatic carbocycles. The molecule has 0 aliphatic rings. The molecule has 1 aromatic heterocycles. The van der Waals surface area contributed by atoms with E-state index < -0.39 is 5.97 Å². The van der Waals surface area contributed by atoms with Crippen molar-refractivity contribution in [2.24, 2.45) is 0 Å². The maximum absolute atomic E-state index is 11.0. The third-order valence-electron chi connectivity index (χ3n) is 4.38. The smallest absolute Gasteiger partial charge is 0.307 e. The number of imidazole rings is 1. The van der Waals surface area contributed by atoms with E-state index in [-0.39, 0.29) is 6.42 Å². The number of carboxylic acids is 1. The summed E-state index contributed by atoms with van der Waals surface area (Å²) >= 11 is 0. The van der Waals surface area contributed by atoms with Crippen molar-refractivity contribution in [1.82, 2.24) is 9.55 Å². The molecule has 0 bridgehead atoms. The molecule has 0 unspecified atom stereocenters. The number of nitrogens with zero attached hydrogens (tertiary/aromatic N) is 2. The van der Waals surface area contributed by atoms with Crippen molar-refractivity contribution in [2.45, 2.75) is 32.7 Å². The van der Waals surface area contributed by atoms with Gasteiger partial charge in [0.15, 0.2) is 0 Å². The quantitative estimate of drug-likeness (QED) is 0.699. The third-order valence-corrected chi connectivity index (χ3v) is 4.38. The molecule has 0 saturated heterocycles. The van der Waals surface area contributed by atoms with E-state index in [1.807, 2.05) is 42.9 Å². The number of hydrogen-bond acceptors (Lipinski definition) is 2. The molecule has 2 aromatic carbocycles. The normalized spacial score (nSPS) is 10.5. The highest BCUT2D eigenvalue weighted by Gasteiger charge is 2.08. The van der Waals surface area contributed by atoms with Crippen molar-refractivity contribution < 1.29 is 9.90 Å². The van der Waals surface area contributed by atoms with Gasteiger partial charge < -0.3 is 9.67 Å². The number of rotatable bonds is 5. The Balaban J connectivity index is 1.90. The lowest BCUT2D eigenvalue weighted by Gasteiger charge is -2.14. The van der Waals surface area contributed by atoms with E-state index in [2.05, 4.69) is 47.4 Å². The van der Waals surface area contributed by atoms with Crippen LogP contribution < -0.4 is 0 Å². The fourth-order valence-electron chi connectivity index (χ4n) is 3.03. The predicted octanol–water partition coefficient (Wildman–Crippen LogP) is 4.08. The van der Waals surface area contributed by atoms with E-state index in [1.165, 1.54) is 11.1 Å². The lowest BCUT2D eigenvalue weighted by atomic mass is 9.94. The summed E-state index contributed by atoms with van der Waals surface area (Å²) in [4.78, 5) is 15.1. The first kappa shape index (κ1) is 18.5. The van der Waals surface area contributed by atoms with Crippen molar-refractivity contribution in [1.29, 1.82) is 0 Å². The molecule has 136 valence electrons. The van der Waals surface area contributed by atoms with Crippen LogP contribution in [0.5, 0.6) is 0 Å². The largest absolute Gasteiger partial charge is 0.481 e. The predicted molar refractivity (Wildman–Crippen MR) is 106 cm³/mol. The van der Waals surface area contributed by atoms with Gasteiger partial charge in [0.25, 0.3) is 0 Å². The Morgan fingerprint density at radius 3 is 2.67 bits per heavy atom. The number of carbonyl (C=O) groups is 1. The second-order valence-electron chi connectivity index (χ2n) is 6.78. The Kier molecular flexibility index (Phi) is 5.73. The van der Waals surface area contributed by atoms with Gasteiger partial charge in [-0.25, -0.2) is 4.98 Å². The number of carboxylic acid groups (broad SMARTS) is 1. The fraction of sp³-hybridized carbons (Fsp3) is 0.217. The Bertz CT molecular complexity index is 993. The maximum atomic E-state index is 11.0. The van der Waals surface area contributed by atoms with Crippen LogP contribution in [-0.2, 0) is 17.8 Å². The summed E-state index contributed by atoms with van der Waals surface area (Å²) in [6, 6.07) is 13.7. The summed E-state index contributed by atoms with van der Waals surface area (Å²) in [7, 11) is 0. The van der Waals surface area contributed by atoms with Crippen LogP contribution in [0.3, 0.4) is 0 Å². The minimum absolute atomic E-state index is 0.0219. The number of hydrogen-bond donors (Lipinski definition) is 1. The van der Waals surface area contributed by atoms with Crippen molar-refractivity contribution >= 4 is 5.97 Å². The van der Waals surface area contributed by atoms with Gasteiger partial charge in [-0.1, -0.05) is 50.0 Å². The maximum Gasteiger partial charge on any atom is 0.307 e. The van der Waals surface area contributed by atoms with Gasteiger partial charge in [0, 0.05) is 30.1 Å². The third kappa shape index (κ3) is 4.86. The van der Waals surface area contributed by atoms with Crippen LogP contribution in [0, 0.1) is 11.8 Å². The number of aliphatic carboxylic acids is 1. The summed E-state index contributed by atoms with van der Waals surface area (Å²) in [5.41, 5.74) is 4.93. The molecule has 3 aromatic rings. The highest BCUT2D eigenvalue weighted by Crippen LogP contribution is 2.22. The van der Waals surface area contributed by atoms with E-state index in [1.54, 1.807) is 6.20 Å². The molecular formula is C23H22N2O2. The average Bonchev–Trinajstić information content (AvgIpc) is 3.14. The zero-order valence-electron chi connectivity index (χ0n) is 15.5. The standard InChI is InChI=1S/C23H22N2O2/c1-17(2)22-13-18(8-10-21(22)15-25-12-11-24-16-25)7-9-19-5-3-4-6-20(19)14-23(26)27/h3-6,8,10-13,16-17H,14-15H2,1-2H3,(H,26,27). The van der Waals surface area contributed by atoms with Crippen LogP contribution in [0.15, 0.2) is 61.2 Å². The fourth-order valence-corrected chi connectivity index (χ4v) is 3.03. The molecule has 27 heavy (non-hydrogen) atoms. The van der Waals surface area contributed by atoms with E-state index in [0.717, 1.165) is 23.2 Å². The van der Waals surface area contributed by atoms with Crippen LogP contribution in [0.1, 0.15) is 47.6 Å². The molecule has 0 spiro atoms. The van der Waals surface area contributed by atoms with Crippen molar-refractivity contribution in [3.8, 4) is 11.8 Å². The monoisotopic (exact) mass is 358 g/mol. The van der Waals surface area contributed by atoms with Crippen LogP contribution in [-0.4, -0.2) is 20.6 Å². The molecule has 4 heteroatoms. The van der Waals surface area contributed by atoms with Crippen LogP contribution in [0.2, 0.25) is 0 Å². The van der Waals surface area contributed by atoms with Gasteiger partial charge in [0.1, 0.15) is 0 Å². The van der Waals surface area contributed by atoms with Gasteiger partial charge in [-0.3, -0.25) is 4.79 Å². The summed E-state index contributed by atoms with van der Waals surface area (Å²) in [5, 5.41) is 9.06. The molecule has 0 radical (unpaired) electrons. The second kappa shape index (κ2) is 8.37. The van der Waals surface area contributed by atoms with Crippen molar-refractivity contribution in [3.05, 3.63) is 89.0 Å². The van der Waals surface area contributed by atoms with Gasteiger partial charge in [0.2, 0.25) is 0 Å². The van der Waals surface area contributed by atoms with Gasteiger partial charge in [-0.2, -0.15) is 0 Å². The van der Waals surface area contributed by atoms with Crippen molar-refractivity contribution in [3.63, 3.8) is 0 Å². The summed E-state index contributed by atoms with van der Waals surface area (Å²) in [6.07, 6.45) is 5.53. The number of aromatic nitrogens is 2. The Hall–Kier alpha value is -3.32. The van der Waals surface area contributed by atoms with Gasteiger partial charge >= 0.3 is 5.97 Å². The molecule has 0 amide bonds. The van der Waals surface area contributed by atoms with Gasteiger partial charge in [0.05, 0.1) is 12.7 Å². The first-order valence-electron chi connectivity index (χ1n) is 8.93. The molecule has 4 nitrogen and oxygen atoms in total. The Labute approximate surface area is 159 Å². The lowest BCUT2D eigenvalue weighted by molar-refractivity contribution is -0.136. The topological polar surface area (TPSA) is 55.1 Å². The highest BCUT2D eigenvalue weighted by atomic mass is 16.4. The SMILES string of the molecule is CC(C)c1cc(C#Cc2ccccc2CC(=O)O)ccc1Cn1ccnc1. The average molecular weight is 358 g/mol. The molecule has 0 saturated carbocycles. The van der Waals surface area contributed by atoms with Crippen LogP contribution >= 0.6 is 0 Å². The summed E-state index contributed by atoms with van der Waals surface area (Å²) in [6.45, 7) is 5.13. The van der Waals surface area contributed by atoms with Gasteiger partial charge in [-0.15, -0.1) is 0 Å². The first-order chi connectivity index (χ1) is 13.0. The minimum Gasteiger partial charge on any atom is -0.481 e. The van der Waals surface area contributed by atoms with Gasteiger partial charge in [-0.05, 0) is 40.8 Å². The van der Waals surface area contributed by atoms with Crippen molar-refractivity contribution in [2.75, 3.05) is 0 Å². The van der Waals surface area contributed by atoms with Crippen LogP contribution in [0.4, 0.5) is 0 Å². The Morgan fingerprint density at radius 2 is 1.96 bits per heavy atom. The molecule has 0 fully saturated rings. The van der Waals surface area contributed by atoms with Crippen LogP contribution in [0.25, 0.3) is 0 Å². The molecule has 1 heterocycles. The highest BCUT2D eigenvalue weighted by molar-refractivity contribution is 5.71. The Morgan fingerprint density at radius 1 is 1.15 bits per heavy atom. The van der Waals surface area contributed by atoms with E-state index >= 15 is 0 Å².